The van der Waals surface area contributed by atoms with Crippen LogP contribution < -0.4 is 5.32 Å². The molecule has 1 unspecified atom stereocenters. The van der Waals surface area contributed by atoms with Gasteiger partial charge in [-0.2, -0.15) is 0 Å². The van der Waals surface area contributed by atoms with E-state index in [0.29, 0.717) is 26.2 Å². The summed E-state index contributed by atoms with van der Waals surface area (Å²) in [4.78, 5) is 24.3. The van der Waals surface area contributed by atoms with Gasteiger partial charge in [0, 0.05) is 19.6 Å². The highest BCUT2D eigenvalue weighted by atomic mass is 16.5. The van der Waals surface area contributed by atoms with E-state index in [1.165, 1.54) is 0 Å². The first-order valence-electron chi connectivity index (χ1n) is 6.55. The standard InChI is InChI=1S/C14H18N2O4/c17-13(18)8-12-10-16(6-7-20-12)14(19)15-9-11-4-2-1-3-5-11/h1-5,12H,6-10H2,(H,15,19)(H,17,18). The van der Waals surface area contributed by atoms with Crippen LogP contribution in [0, 0.1) is 0 Å². The molecule has 0 saturated carbocycles. The van der Waals surface area contributed by atoms with E-state index in [0.717, 1.165) is 5.56 Å². The molecule has 0 radical (unpaired) electrons. The average molecular weight is 278 g/mol. The number of morpholine rings is 1. The number of carboxylic acid groups (broad SMARTS) is 1. The van der Waals surface area contributed by atoms with E-state index in [1.54, 1.807) is 4.90 Å². The minimum Gasteiger partial charge on any atom is -0.481 e. The Morgan fingerprint density at radius 2 is 2.10 bits per heavy atom. The molecule has 1 saturated heterocycles. The van der Waals surface area contributed by atoms with E-state index >= 15 is 0 Å². The Hall–Kier alpha value is -2.08. The van der Waals surface area contributed by atoms with Gasteiger partial charge in [-0.05, 0) is 5.56 Å². The molecule has 0 spiro atoms. The summed E-state index contributed by atoms with van der Waals surface area (Å²) in [7, 11) is 0. The third-order valence-electron chi connectivity index (χ3n) is 3.11. The minimum absolute atomic E-state index is 0.0809. The second-order valence-electron chi connectivity index (χ2n) is 4.68. The molecule has 2 N–H and O–H groups in total. The number of hydrogen-bond acceptors (Lipinski definition) is 3. The second-order valence-corrected chi connectivity index (χ2v) is 4.68. The molecule has 0 bridgehead atoms. The maximum absolute atomic E-state index is 12.0. The van der Waals surface area contributed by atoms with E-state index in [2.05, 4.69) is 5.32 Å². The Labute approximate surface area is 117 Å². The lowest BCUT2D eigenvalue weighted by molar-refractivity contribution is -0.141. The largest absolute Gasteiger partial charge is 0.481 e. The zero-order valence-electron chi connectivity index (χ0n) is 11.1. The summed E-state index contributed by atoms with van der Waals surface area (Å²) in [5.74, 6) is -0.915. The van der Waals surface area contributed by atoms with Gasteiger partial charge < -0.3 is 20.1 Å². The van der Waals surface area contributed by atoms with Crippen molar-refractivity contribution in [1.29, 1.82) is 0 Å². The third-order valence-corrected chi connectivity index (χ3v) is 3.11. The van der Waals surface area contributed by atoms with Crippen LogP contribution >= 0.6 is 0 Å². The molecule has 0 aromatic heterocycles. The van der Waals surface area contributed by atoms with Crippen LogP contribution in [-0.4, -0.2) is 47.8 Å². The smallest absolute Gasteiger partial charge is 0.317 e. The van der Waals surface area contributed by atoms with Crippen molar-refractivity contribution >= 4 is 12.0 Å². The number of benzene rings is 1. The van der Waals surface area contributed by atoms with Crippen LogP contribution in [0.2, 0.25) is 0 Å². The molecule has 108 valence electrons. The first kappa shape index (κ1) is 14.3. The molecule has 20 heavy (non-hydrogen) atoms. The number of carbonyl (C=O) groups is 2. The molecule has 1 fully saturated rings. The first-order chi connectivity index (χ1) is 9.65. The molecule has 1 aliphatic heterocycles. The molecule has 1 heterocycles. The third kappa shape index (κ3) is 4.24. The van der Waals surface area contributed by atoms with Crippen molar-refractivity contribution in [2.75, 3.05) is 19.7 Å². The van der Waals surface area contributed by atoms with Crippen molar-refractivity contribution < 1.29 is 19.4 Å². The molecule has 6 heteroatoms. The Morgan fingerprint density at radius 1 is 1.35 bits per heavy atom. The predicted octanol–water partition coefficient (Wildman–Crippen LogP) is 1.07. The number of carboxylic acids is 1. The van der Waals surface area contributed by atoms with Crippen LogP contribution in [-0.2, 0) is 16.1 Å². The summed E-state index contributed by atoms with van der Waals surface area (Å²) in [5.41, 5.74) is 1.02. The molecule has 6 nitrogen and oxygen atoms in total. The van der Waals surface area contributed by atoms with Crippen molar-refractivity contribution in [3.63, 3.8) is 0 Å². The zero-order valence-corrected chi connectivity index (χ0v) is 11.1. The number of urea groups is 1. The molecule has 2 amide bonds. The highest BCUT2D eigenvalue weighted by Gasteiger charge is 2.25. The maximum atomic E-state index is 12.0. The second kappa shape index (κ2) is 6.91. The van der Waals surface area contributed by atoms with Crippen molar-refractivity contribution in [2.45, 2.75) is 19.1 Å². The van der Waals surface area contributed by atoms with E-state index < -0.39 is 12.1 Å². The van der Waals surface area contributed by atoms with Gasteiger partial charge in [0.15, 0.2) is 0 Å². The molecule has 1 atom stereocenters. The summed E-state index contributed by atoms with van der Waals surface area (Å²) >= 11 is 0. The number of rotatable bonds is 4. The van der Waals surface area contributed by atoms with Gasteiger partial charge in [0.05, 0.1) is 19.1 Å². The summed E-state index contributed by atoms with van der Waals surface area (Å²) in [5, 5.41) is 11.6. The Balaban J connectivity index is 1.81. The fourth-order valence-electron chi connectivity index (χ4n) is 2.11. The monoisotopic (exact) mass is 278 g/mol. The number of hydrogen-bond donors (Lipinski definition) is 2. The highest BCUT2D eigenvalue weighted by Crippen LogP contribution is 2.09. The maximum Gasteiger partial charge on any atom is 0.317 e. The molecule has 1 aromatic rings. The van der Waals surface area contributed by atoms with Gasteiger partial charge in [-0.3, -0.25) is 4.79 Å². The Morgan fingerprint density at radius 3 is 2.80 bits per heavy atom. The van der Waals surface area contributed by atoms with E-state index in [-0.39, 0.29) is 12.5 Å². The predicted molar refractivity (Wildman–Crippen MR) is 72.2 cm³/mol. The number of aliphatic carboxylic acids is 1. The molecule has 0 aliphatic carbocycles. The van der Waals surface area contributed by atoms with Crippen molar-refractivity contribution in [2.24, 2.45) is 0 Å². The van der Waals surface area contributed by atoms with Crippen LogP contribution in [0.3, 0.4) is 0 Å². The number of nitrogens with one attached hydrogen (secondary N) is 1. The molecular formula is C14H18N2O4. The molecule has 1 aromatic carbocycles. The fourth-order valence-corrected chi connectivity index (χ4v) is 2.11. The van der Waals surface area contributed by atoms with Crippen LogP contribution in [0.25, 0.3) is 0 Å². The molecule has 1 aliphatic rings. The summed E-state index contributed by atoms with van der Waals surface area (Å²) in [6, 6.07) is 9.44. The Bertz CT molecular complexity index is 464. The van der Waals surface area contributed by atoms with Crippen LogP contribution in [0.5, 0.6) is 0 Å². The SMILES string of the molecule is O=C(O)CC1CN(C(=O)NCc2ccccc2)CCO1. The van der Waals surface area contributed by atoms with E-state index in [4.69, 9.17) is 9.84 Å². The topological polar surface area (TPSA) is 78.9 Å². The lowest BCUT2D eigenvalue weighted by Gasteiger charge is -2.32. The van der Waals surface area contributed by atoms with Gasteiger partial charge in [0.25, 0.3) is 0 Å². The van der Waals surface area contributed by atoms with Gasteiger partial charge in [0.1, 0.15) is 0 Å². The van der Waals surface area contributed by atoms with Crippen molar-refractivity contribution in [1.82, 2.24) is 10.2 Å². The van der Waals surface area contributed by atoms with Gasteiger partial charge in [-0.15, -0.1) is 0 Å². The minimum atomic E-state index is -0.915. The summed E-state index contributed by atoms with van der Waals surface area (Å²) in [6.07, 6.45) is -0.508. The number of ether oxygens (including phenoxy) is 1. The van der Waals surface area contributed by atoms with Gasteiger partial charge >= 0.3 is 12.0 Å². The Kier molecular flexibility index (Phi) is 4.95. The van der Waals surface area contributed by atoms with Crippen LogP contribution in [0.4, 0.5) is 4.79 Å². The number of carbonyl (C=O) groups excluding carboxylic acids is 1. The summed E-state index contributed by atoms with van der Waals surface area (Å²) in [6.45, 7) is 1.63. The van der Waals surface area contributed by atoms with E-state index in [1.807, 2.05) is 30.3 Å². The lowest BCUT2D eigenvalue weighted by Crippen LogP contribution is -2.49. The molecule has 2 rings (SSSR count). The van der Waals surface area contributed by atoms with E-state index in [9.17, 15) is 9.59 Å². The quantitative estimate of drug-likeness (QED) is 0.863. The first-order valence-corrected chi connectivity index (χ1v) is 6.55. The number of nitrogens with zero attached hydrogens (tertiary/aromatic N) is 1. The van der Waals surface area contributed by atoms with Crippen LogP contribution in [0.1, 0.15) is 12.0 Å². The van der Waals surface area contributed by atoms with Gasteiger partial charge in [-0.25, -0.2) is 4.79 Å². The van der Waals surface area contributed by atoms with Gasteiger partial charge in [0.2, 0.25) is 0 Å². The zero-order chi connectivity index (χ0) is 14.4. The average Bonchev–Trinajstić information content (AvgIpc) is 2.45. The van der Waals surface area contributed by atoms with Crippen molar-refractivity contribution in [3.05, 3.63) is 35.9 Å². The normalized spacial score (nSPS) is 18.6. The van der Waals surface area contributed by atoms with Gasteiger partial charge in [-0.1, -0.05) is 30.3 Å². The highest BCUT2D eigenvalue weighted by molar-refractivity contribution is 5.74. The lowest BCUT2D eigenvalue weighted by atomic mass is 10.2. The molecular weight excluding hydrogens is 260 g/mol. The van der Waals surface area contributed by atoms with Crippen molar-refractivity contribution in [3.8, 4) is 0 Å². The summed E-state index contributed by atoms with van der Waals surface area (Å²) < 4.78 is 5.33. The van der Waals surface area contributed by atoms with Crippen LogP contribution in [0.15, 0.2) is 30.3 Å². The fraction of sp³-hybridized carbons (Fsp3) is 0.429. The number of amides is 2.